The molecule has 3 aromatic rings. The second-order valence-electron chi connectivity index (χ2n) is 10.4. The first kappa shape index (κ1) is 28.2. The number of nitrogens with zero attached hydrogens (tertiary/aromatic N) is 1. The molecule has 0 aromatic heterocycles. The van der Waals surface area contributed by atoms with Crippen LogP contribution in [0.1, 0.15) is 48.2 Å². The fourth-order valence-electron chi connectivity index (χ4n) is 4.78. The highest BCUT2D eigenvalue weighted by Gasteiger charge is 2.22. The number of carbonyl (C=O) groups is 1. The van der Waals surface area contributed by atoms with E-state index in [1.807, 2.05) is 26.0 Å². The third-order valence-electron chi connectivity index (χ3n) is 7.05. The fourth-order valence-corrected chi connectivity index (χ4v) is 4.78. The number of hydrogen-bond donors (Lipinski definition) is 3. The fraction of sp³-hybridized carbons (Fsp3) is 0.344. The molecule has 39 heavy (non-hydrogen) atoms. The van der Waals surface area contributed by atoms with E-state index in [-0.39, 0.29) is 23.5 Å². The van der Waals surface area contributed by atoms with E-state index >= 15 is 0 Å². The molecule has 7 heteroatoms. The molecule has 1 heterocycles. The highest BCUT2D eigenvalue weighted by atomic mass is 19.1. The van der Waals surface area contributed by atoms with E-state index in [0.29, 0.717) is 47.4 Å². The molecule has 0 spiro atoms. The van der Waals surface area contributed by atoms with Crippen molar-refractivity contribution in [1.82, 2.24) is 10.2 Å². The zero-order valence-electron chi connectivity index (χ0n) is 22.8. The highest BCUT2D eigenvalue weighted by Crippen LogP contribution is 2.41. The Bertz CT molecular complexity index is 1340. The van der Waals surface area contributed by atoms with Crippen molar-refractivity contribution in [3.63, 3.8) is 0 Å². The molecular formula is C32H37FN2O4. The summed E-state index contributed by atoms with van der Waals surface area (Å²) in [4.78, 5) is 15.1. The number of amides is 1. The van der Waals surface area contributed by atoms with Gasteiger partial charge in [-0.3, -0.25) is 4.79 Å². The molecule has 0 unspecified atom stereocenters. The molecule has 0 bridgehead atoms. The summed E-state index contributed by atoms with van der Waals surface area (Å²) in [6.07, 6.45) is 4.69. The van der Waals surface area contributed by atoms with E-state index in [1.54, 1.807) is 30.3 Å². The number of phenolic OH excluding ortho intramolecular Hbond substituents is 2. The molecule has 0 aliphatic carbocycles. The van der Waals surface area contributed by atoms with Gasteiger partial charge in [-0.2, -0.15) is 0 Å². The van der Waals surface area contributed by atoms with Gasteiger partial charge in [0.15, 0.2) is 11.5 Å². The maximum atomic E-state index is 14.1. The van der Waals surface area contributed by atoms with Gasteiger partial charge in [0.1, 0.15) is 17.7 Å². The summed E-state index contributed by atoms with van der Waals surface area (Å²) in [5.41, 5.74) is 4.09. The number of halogens is 1. The minimum Gasteiger partial charge on any atom is -0.508 e. The van der Waals surface area contributed by atoms with Gasteiger partial charge in [0.05, 0.1) is 0 Å². The summed E-state index contributed by atoms with van der Waals surface area (Å²) in [6.45, 7) is 6.13. The number of benzene rings is 3. The standard InChI is InChI=1S/C32H37FN2O4/c1-21(2)7-8-23-19-25(9-11-28(23)36)32(38)34-16-13-22-10-12-29(39-27-14-17-35(3)18-15-27)31(37)30(22)24-5-4-6-26(33)20-24/h4-7,9-12,19-20,27,36-37H,8,13-18H2,1-3H3,(H,34,38). The number of nitrogens with one attached hydrogen (secondary N) is 1. The van der Waals surface area contributed by atoms with Gasteiger partial charge >= 0.3 is 0 Å². The minimum atomic E-state index is -0.399. The second-order valence-corrected chi connectivity index (χ2v) is 10.4. The molecule has 0 radical (unpaired) electrons. The van der Waals surface area contributed by atoms with Gasteiger partial charge in [-0.15, -0.1) is 0 Å². The van der Waals surface area contributed by atoms with Crippen molar-refractivity contribution in [3.8, 4) is 28.4 Å². The van der Waals surface area contributed by atoms with E-state index in [2.05, 4.69) is 17.3 Å². The third kappa shape index (κ3) is 7.39. The van der Waals surface area contributed by atoms with Crippen LogP contribution < -0.4 is 10.1 Å². The quantitative estimate of drug-likeness (QED) is 0.301. The van der Waals surface area contributed by atoms with Gasteiger partial charge in [0.2, 0.25) is 0 Å². The number of allylic oxidation sites excluding steroid dienone is 2. The summed E-state index contributed by atoms with van der Waals surface area (Å²) in [7, 11) is 2.08. The molecule has 0 atom stereocenters. The van der Waals surface area contributed by atoms with Crippen molar-refractivity contribution in [3.05, 3.63) is 88.8 Å². The molecule has 1 aliphatic heterocycles. The van der Waals surface area contributed by atoms with Gasteiger partial charge in [0, 0.05) is 30.8 Å². The summed E-state index contributed by atoms with van der Waals surface area (Å²) in [6, 6.07) is 14.6. The zero-order valence-corrected chi connectivity index (χ0v) is 22.8. The summed E-state index contributed by atoms with van der Waals surface area (Å²) in [5, 5.41) is 24.3. The second kappa shape index (κ2) is 12.8. The van der Waals surface area contributed by atoms with Crippen molar-refractivity contribution >= 4 is 5.91 Å². The van der Waals surface area contributed by atoms with E-state index in [1.165, 1.54) is 18.2 Å². The maximum absolute atomic E-state index is 14.1. The Morgan fingerprint density at radius 3 is 2.56 bits per heavy atom. The van der Waals surface area contributed by atoms with Crippen LogP contribution in [0, 0.1) is 5.82 Å². The van der Waals surface area contributed by atoms with Gasteiger partial charge in [-0.25, -0.2) is 4.39 Å². The lowest BCUT2D eigenvalue weighted by molar-refractivity contribution is 0.0954. The number of rotatable bonds is 9. The van der Waals surface area contributed by atoms with Crippen LogP contribution in [0.3, 0.4) is 0 Å². The largest absolute Gasteiger partial charge is 0.508 e. The van der Waals surface area contributed by atoms with Gasteiger partial charge < -0.3 is 25.2 Å². The Hall–Kier alpha value is -3.84. The number of ether oxygens (including phenoxy) is 1. The lowest BCUT2D eigenvalue weighted by Crippen LogP contribution is -2.35. The SMILES string of the molecule is CC(C)=CCc1cc(C(=O)NCCc2ccc(OC3CCN(C)CC3)c(O)c2-c2cccc(F)c2)ccc1O. The van der Waals surface area contributed by atoms with Crippen LogP contribution in [0.4, 0.5) is 4.39 Å². The van der Waals surface area contributed by atoms with E-state index in [0.717, 1.165) is 37.1 Å². The van der Waals surface area contributed by atoms with Crippen LogP contribution in [0.5, 0.6) is 17.2 Å². The van der Waals surface area contributed by atoms with Crippen LogP contribution in [0.15, 0.2) is 66.2 Å². The molecule has 1 fully saturated rings. The van der Waals surface area contributed by atoms with Crippen molar-refractivity contribution in [1.29, 1.82) is 0 Å². The van der Waals surface area contributed by atoms with Crippen LogP contribution >= 0.6 is 0 Å². The van der Waals surface area contributed by atoms with Crippen LogP contribution in [0.2, 0.25) is 0 Å². The molecule has 3 aromatic carbocycles. The van der Waals surface area contributed by atoms with Gasteiger partial charge in [0.25, 0.3) is 5.91 Å². The average Bonchev–Trinajstić information content (AvgIpc) is 2.90. The maximum Gasteiger partial charge on any atom is 0.251 e. The monoisotopic (exact) mass is 532 g/mol. The Morgan fingerprint density at radius 1 is 1.08 bits per heavy atom. The van der Waals surface area contributed by atoms with Crippen LogP contribution in [0.25, 0.3) is 11.1 Å². The normalized spacial score (nSPS) is 14.2. The molecule has 4 rings (SSSR count). The number of aromatic hydroxyl groups is 2. The van der Waals surface area contributed by atoms with Crippen molar-refractivity contribution in [2.75, 3.05) is 26.7 Å². The van der Waals surface area contributed by atoms with Crippen LogP contribution in [-0.4, -0.2) is 53.8 Å². The van der Waals surface area contributed by atoms with E-state index in [9.17, 15) is 19.4 Å². The Balaban J connectivity index is 1.51. The molecular weight excluding hydrogens is 495 g/mol. The molecule has 3 N–H and O–H groups in total. The molecule has 1 saturated heterocycles. The molecule has 1 amide bonds. The lowest BCUT2D eigenvalue weighted by Gasteiger charge is -2.30. The Morgan fingerprint density at radius 2 is 1.85 bits per heavy atom. The molecule has 206 valence electrons. The number of hydrogen-bond acceptors (Lipinski definition) is 5. The van der Waals surface area contributed by atoms with Crippen LogP contribution in [-0.2, 0) is 12.8 Å². The summed E-state index contributed by atoms with van der Waals surface area (Å²) >= 11 is 0. The Labute approximate surface area is 229 Å². The summed E-state index contributed by atoms with van der Waals surface area (Å²) in [5.74, 6) is -0.145. The van der Waals surface area contributed by atoms with Gasteiger partial charge in [-0.1, -0.05) is 29.8 Å². The third-order valence-corrected chi connectivity index (χ3v) is 7.05. The average molecular weight is 533 g/mol. The lowest BCUT2D eigenvalue weighted by atomic mass is 9.95. The van der Waals surface area contributed by atoms with E-state index < -0.39 is 5.82 Å². The van der Waals surface area contributed by atoms with Crippen molar-refractivity contribution in [2.24, 2.45) is 0 Å². The van der Waals surface area contributed by atoms with Gasteiger partial charge in [-0.05, 0) is 99.7 Å². The smallest absolute Gasteiger partial charge is 0.251 e. The molecule has 0 saturated carbocycles. The predicted molar refractivity (Wildman–Crippen MR) is 152 cm³/mol. The highest BCUT2D eigenvalue weighted by molar-refractivity contribution is 5.94. The van der Waals surface area contributed by atoms with E-state index in [4.69, 9.17) is 4.74 Å². The van der Waals surface area contributed by atoms with Crippen molar-refractivity contribution in [2.45, 2.75) is 45.6 Å². The number of carbonyl (C=O) groups excluding carboxylic acids is 1. The predicted octanol–water partition coefficient (Wildman–Crippen LogP) is 5.86. The summed E-state index contributed by atoms with van der Waals surface area (Å²) < 4.78 is 20.3. The molecule has 1 aliphatic rings. The zero-order chi connectivity index (χ0) is 27.9. The number of likely N-dealkylation sites (tertiary alicyclic amines) is 1. The first-order valence-electron chi connectivity index (χ1n) is 13.4. The van der Waals surface area contributed by atoms with Crippen molar-refractivity contribution < 1.29 is 24.1 Å². The Kier molecular flexibility index (Phi) is 9.25. The number of piperidine rings is 1. The topological polar surface area (TPSA) is 82.0 Å². The first-order valence-corrected chi connectivity index (χ1v) is 13.4. The molecule has 6 nitrogen and oxygen atoms in total. The minimum absolute atomic E-state index is 0.00419. The first-order chi connectivity index (χ1) is 18.7. The number of phenols is 2.